The lowest BCUT2D eigenvalue weighted by molar-refractivity contribution is 0.0906. The molecule has 10 nitrogen and oxygen atoms in total. The van der Waals surface area contributed by atoms with E-state index in [4.69, 9.17) is 4.74 Å². The number of hydrogen-bond donors (Lipinski definition) is 2. The summed E-state index contributed by atoms with van der Waals surface area (Å²) in [6.45, 7) is 0.811. The molecule has 3 heterocycles. The zero-order valence-corrected chi connectivity index (χ0v) is 19.5. The quantitative estimate of drug-likeness (QED) is 0.333. The summed E-state index contributed by atoms with van der Waals surface area (Å²) >= 11 is 0. The molecule has 0 spiro atoms. The Balaban J connectivity index is 1.38. The van der Waals surface area contributed by atoms with Crippen LogP contribution in [0.15, 0.2) is 66.9 Å². The van der Waals surface area contributed by atoms with E-state index in [9.17, 15) is 18.7 Å². The van der Waals surface area contributed by atoms with Gasteiger partial charge in [-0.1, -0.05) is 24.3 Å². The highest BCUT2D eigenvalue weighted by atomic mass is 19.1. The van der Waals surface area contributed by atoms with Gasteiger partial charge in [0.1, 0.15) is 30.0 Å². The molecule has 12 heteroatoms. The van der Waals surface area contributed by atoms with Crippen LogP contribution in [-0.2, 0) is 6.61 Å². The molecular formula is C25H21F2N7O3. The average molecular weight is 505 g/mol. The third-order valence-electron chi connectivity index (χ3n) is 5.65. The first-order chi connectivity index (χ1) is 18.0. The molecule has 1 amide bonds. The molecule has 0 bridgehead atoms. The van der Waals surface area contributed by atoms with E-state index in [-0.39, 0.29) is 35.1 Å². The van der Waals surface area contributed by atoms with Gasteiger partial charge in [-0.3, -0.25) is 9.20 Å². The van der Waals surface area contributed by atoms with Gasteiger partial charge in [-0.2, -0.15) is 0 Å². The van der Waals surface area contributed by atoms with Crippen molar-refractivity contribution in [1.29, 1.82) is 0 Å². The lowest BCUT2D eigenvalue weighted by Crippen LogP contribution is -2.32. The summed E-state index contributed by atoms with van der Waals surface area (Å²) in [5.74, 6) is -1.63. The summed E-state index contributed by atoms with van der Waals surface area (Å²) in [5.41, 5.74) is 1.31. The Labute approximate surface area is 209 Å². The molecule has 37 heavy (non-hydrogen) atoms. The van der Waals surface area contributed by atoms with Crippen molar-refractivity contribution in [2.75, 3.05) is 6.61 Å². The number of para-hydroxylation sites is 1. The van der Waals surface area contributed by atoms with Crippen molar-refractivity contribution in [3.8, 4) is 11.4 Å². The van der Waals surface area contributed by atoms with Crippen molar-refractivity contribution in [3.63, 3.8) is 0 Å². The first kappa shape index (κ1) is 24.0. The predicted octanol–water partition coefficient (Wildman–Crippen LogP) is 2.94. The number of hydrogen-bond acceptors (Lipinski definition) is 7. The summed E-state index contributed by atoms with van der Waals surface area (Å²) in [6, 6.07) is 14.9. The van der Waals surface area contributed by atoms with Crippen LogP contribution in [-0.4, -0.2) is 47.2 Å². The van der Waals surface area contributed by atoms with Crippen molar-refractivity contribution in [1.82, 2.24) is 34.9 Å². The number of nitrogens with zero attached hydrogens (tertiary/aromatic N) is 6. The first-order valence-electron chi connectivity index (χ1n) is 11.3. The van der Waals surface area contributed by atoms with Gasteiger partial charge in [0.25, 0.3) is 5.91 Å². The largest absolute Gasteiger partial charge is 0.485 e. The Morgan fingerprint density at radius 2 is 1.84 bits per heavy atom. The number of tetrazole rings is 1. The SMILES string of the molecule is Cc1nc2c(OCc3c(F)cccc3F)cccn2c1C(=O)N[C@@H](CO)c1nnn(-c2ccccc2)n1. The average Bonchev–Trinajstić information content (AvgIpc) is 3.52. The third kappa shape index (κ3) is 4.74. The van der Waals surface area contributed by atoms with Gasteiger partial charge in [0.15, 0.2) is 17.2 Å². The van der Waals surface area contributed by atoms with Gasteiger partial charge >= 0.3 is 0 Å². The molecule has 0 fully saturated rings. The number of fused-ring (bicyclic) bond motifs is 1. The highest BCUT2D eigenvalue weighted by molar-refractivity contribution is 5.95. The van der Waals surface area contributed by atoms with E-state index in [2.05, 4.69) is 25.7 Å². The summed E-state index contributed by atoms with van der Waals surface area (Å²) < 4.78 is 35.2. The van der Waals surface area contributed by atoms with Crippen LogP contribution in [0.25, 0.3) is 11.3 Å². The van der Waals surface area contributed by atoms with Crippen LogP contribution in [0.3, 0.4) is 0 Å². The molecule has 188 valence electrons. The van der Waals surface area contributed by atoms with Crippen molar-refractivity contribution in [2.24, 2.45) is 0 Å². The maximum absolute atomic E-state index is 14.0. The minimum Gasteiger partial charge on any atom is -0.485 e. The lowest BCUT2D eigenvalue weighted by atomic mass is 10.2. The molecular weight excluding hydrogens is 484 g/mol. The van der Waals surface area contributed by atoms with Crippen LogP contribution < -0.4 is 10.1 Å². The molecule has 5 aromatic rings. The van der Waals surface area contributed by atoms with Crippen molar-refractivity contribution in [2.45, 2.75) is 19.6 Å². The second-order valence-corrected chi connectivity index (χ2v) is 8.08. The van der Waals surface area contributed by atoms with E-state index >= 15 is 0 Å². The molecule has 1 atom stereocenters. The number of benzene rings is 2. The van der Waals surface area contributed by atoms with E-state index in [0.717, 1.165) is 12.1 Å². The minimum absolute atomic E-state index is 0.127. The number of amides is 1. The number of nitrogens with one attached hydrogen (secondary N) is 1. The van der Waals surface area contributed by atoms with Gasteiger partial charge < -0.3 is 15.2 Å². The number of rotatable bonds is 8. The fourth-order valence-electron chi connectivity index (χ4n) is 3.82. The molecule has 0 radical (unpaired) electrons. The van der Waals surface area contributed by atoms with Crippen molar-refractivity contribution >= 4 is 11.6 Å². The van der Waals surface area contributed by atoms with E-state index < -0.39 is 30.2 Å². The normalized spacial score (nSPS) is 12.0. The lowest BCUT2D eigenvalue weighted by Gasteiger charge is -2.13. The Morgan fingerprint density at radius 3 is 2.57 bits per heavy atom. The Hall–Kier alpha value is -4.71. The third-order valence-corrected chi connectivity index (χ3v) is 5.65. The van der Waals surface area contributed by atoms with Crippen LogP contribution in [0.1, 0.15) is 33.6 Å². The van der Waals surface area contributed by atoms with Crippen molar-refractivity contribution < 1.29 is 23.4 Å². The molecule has 3 aromatic heterocycles. The number of pyridine rings is 1. The van der Waals surface area contributed by atoms with E-state index in [1.165, 1.54) is 15.3 Å². The fraction of sp³-hybridized carbons (Fsp3) is 0.160. The smallest absolute Gasteiger partial charge is 0.270 e. The van der Waals surface area contributed by atoms with Crippen LogP contribution in [0.4, 0.5) is 8.78 Å². The Kier molecular flexibility index (Phi) is 6.56. The standard InChI is InChI=1S/C25H21F2N7O3/c1-15-22(25(36)29-20(13-35)23-30-32-34(31-23)16-7-3-2-4-8-16)33-12-6-11-21(24(33)28-15)37-14-17-18(26)9-5-10-19(17)27/h2-12,20,35H,13-14H2,1H3,(H,29,36)/t20-/m0/s1. The van der Waals surface area contributed by atoms with Gasteiger partial charge in [0.05, 0.1) is 23.6 Å². The maximum atomic E-state index is 14.0. The molecule has 0 saturated carbocycles. The second kappa shape index (κ2) is 10.1. The van der Waals surface area contributed by atoms with Crippen molar-refractivity contribution in [3.05, 3.63) is 101 Å². The zero-order chi connectivity index (χ0) is 25.9. The van der Waals surface area contributed by atoms with E-state index in [1.807, 2.05) is 18.2 Å². The number of ether oxygens (including phenoxy) is 1. The van der Waals surface area contributed by atoms with Crippen LogP contribution in [0.2, 0.25) is 0 Å². The summed E-state index contributed by atoms with van der Waals surface area (Å²) in [5, 5.41) is 24.9. The van der Waals surface area contributed by atoms with Gasteiger partial charge in [-0.05, 0) is 48.5 Å². The number of carbonyl (C=O) groups excluding carboxylic acids is 1. The molecule has 2 N–H and O–H groups in total. The number of carbonyl (C=O) groups is 1. The molecule has 0 aliphatic heterocycles. The highest BCUT2D eigenvalue weighted by Crippen LogP contribution is 2.24. The second-order valence-electron chi connectivity index (χ2n) is 8.08. The molecule has 0 aliphatic rings. The zero-order valence-electron chi connectivity index (χ0n) is 19.5. The van der Waals surface area contributed by atoms with Crippen LogP contribution in [0.5, 0.6) is 5.75 Å². The summed E-state index contributed by atoms with van der Waals surface area (Å²) in [4.78, 5) is 19.0. The topological polar surface area (TPSA) is 119 Å². The highest BCUT2D eigenvalue weighted by Gasteiger charge is 2.25. The molecule has 0 unspecified atom stereocenters. The predicted molar refractivity (Wildman–Crippen MR) is 127 cm³/mol. The van der Waals surface area contributed by atoms with Gasteiger partial charge in [0.2, 0.25) is 0 Å². The molecule has 5 rings (SSSR count). The number of imidazole rings is 1. The number of aliphatic hydroxyl groups excluding tert-OH is 1. The number of aryl methyl sites for hydroxylation is 1. The molecule has 2 aromatic carbocycles. The van der Waals surface area contributed by atoms with Gasteiger partial charge in [-0.25, -0.2) is 13.8 Å². The fourth-order valence-corrected chi connectivity index (χ4v) is 3.82. The minimum atomic E-state index is -0.932. The Morgan fingerprint density at radius 1 is 1.08 bits per heavy atom. The number of aromatic nitrogens is 6. The van der Waals surface area contributed by atoms with Crippen LogP contribution >= 0.6 is 0 Å². The van der Waals surface area contributed by atoms with Crippen LogP contribution in [0, 0.1) is 18.6 Å². The molecule has 0 saturated heterocycles. The maximum Gasteiger partial charge on any atom is 0.270 e. The number of aliphatic hydroxyl groups is 1. The van der Waals surface area contributed by atoms with Gasteiger partial charge in [-0.15, -0.1) is 15.0 Å². The molecule has 0 aliphatic carbocycles. The Bertz CT molecular complexity index is 1550. The summed E-state index contributed by atoms with van der Waals surface area (Å²) in [6.07, 6.45) is 1.61. The van der Waals surface area contributed by atoms with E-state index in [1.54, 1.807) is 37.4 Å². The first-order valence-corrected chi connectivity index (χ1v) is 11.3. The number of halogens is 2. The monoisotopic (exact) mass is 505 g/mol. The summed E-state index contributed by atoms with van der Waals surface area (Å²) in [7, 11) is 0. The van der Waals surface area contributed by atoms with Gasteiger partial charge in [0, 0.05) is 6.20 Å². The van der Waals surface area contributed by atoms with E-state index in [0.29, 0.717) is 11.4 Å².